The van der Waals surface area contributed by atoms with Gasteiger partial charge in [-0.15, -0.1) is 0 Å². The summed E-state index contributed by atoms with van der Waals surface area (Å²) < 4.78 is 35.0. The molecule has 0 aliphatic carbocycles. The van der Waals surface area contributed by atoms with Gasteiger partial charge in [0.25, 0.3) is 0 Å². The summed E-state index contributed by atoms with van der Waals surface area (Å²) in [6, 6.07) is 31.3. The standard InChI is InChI=1S/C22H20N4O2.C14H18BN3O2.C14H14BrNO2/c1-14-9-10-24-21(28-13-15-3-6-18(27-2)7-4-15)20(14)16-5-8-19-17(11-16)12-25-22(23)26-19;1-13(2)14(3,4)20-15(19-13)10-5-6-11-9(7-10)8-17-12(16)18-11;1-10-7-8-16-14(13(10)15)18-9-11-3-5-12(17-2)6-4-11/h3-12H,13H2,1-2H3,(H2,23,25,26);5-8H,1-4H3,(H2,16,17,18);3-8H,9H2,1-2H3. The number of methoxy groups -OCH3 is 2. The Kier molecular flexibility index (Phi) is 14.6. The second kappa shape index (κ2) is 20.5. The number of aromatic nitrogens is 6. The summed E-state index contributed by atoms with van der Waals surface area (Å²) in [5, 5.41) is 1.84. The van der Waals surface area contributed by atoms with Gasteiger partial charge in [-0.05, 0) is 145 Å². The zero-order valence-electron chi connectivity index (χ0n) is 38.2. The molecule has 4 N–H and O–H groups in total. The van der Waals surface area contributed by atoms with Gasteiger partial charge in [-0.2, -0.15) is 0 Å². The molecular formula is C50H52BBrN8O6. The van der Waals surface area contributed by atoms with Crippen LogP contribution >= 0.6 is 15.9 Å². The number of aryl methyl sites for hydroxylation is 2. The van der Waals surface area contributed by atoms with Gasteiger partial charge in [-0.3, -0.25) is 0 Å². The summed E-state index contributed by atoms with van der Waals surface area (Å²) in [5.41, 5.74) is 19.4. The summed E-state index contributed by atoms with van der Waals surface area (Å²) in [6.07, 6.45) is 6.94. The first-order valence-electron chi connectivity index (χ1n) is 21.1. The van der Waals surface area contributed by atoms with Gasteiger partial charge in [0.05, 0.1) is 40.9 Å². The SMILES string of the molecule is CC1(C)OB(c2ccc3nc(N)ncc3c2)OC1(C)C.COc1ccc(COc2nccc(C)c2-c2ccc3nc(N)ncc3c2)cc1.COc1ccc(COc2nccc(C)c2Br)cc1. The fraction of sp³-hybridized carbons (Fsp3) is 0.240. The van der Waals surface area contributed by atoms with Crippen LogP contribution in [0.3, 0.4) is 0 Å². The number of pyridine rings is 2. The molecule has 338 valence electrons. The Morgan fingerprint density at radius 2 is 1.08 bits per heavy atom. The number of ether oxygens (including phenoxy) is 4. The number of nitrogen functional groups attached to an aromatic ring is 2. The number of hydrogen-bond acceptors (Lipinski definition) is 14. The molecule has 0 unspecified atom stereocenters. The van der Waals surface area contributed by atoms with E-state index in [2.05, 4.69) is 45.8 Å². The van der Waals surface area contributed by atoms with Crippen LogP contribution in [0.25, 0.3) is 32.9 Å². The average Bonchev–Trinajstić information content (AvgIpc) is 3.54. The largest absolute Gasteiger partial charge is 0.497 e. The highest BCUT2D eigenvalue weighted by molar-refractivity contribution is 9.10. The monoisotopic (exact) mass is 950 g/mol. The molecule has 0 atom stereocenters. The maximum atomic E-state index is 6.06. The molecule has 66 heavy (non-hydrogen) atoms. The summed E-state index contributed by atoms with van der Waals surface area (Å²) >= 11 is 3.47. The minimum Gasteiger partial charge on any atom is -0.497 e. The average molecular weight is 952 g/mol. The Morgan fingerprint density at radius 3 is 1.62 bits per heavy atom. The third-order valence-electron chi connectivity index (χ3n) is 11.3. The Labute approximate surface area is 393 Å². The predicted octanol–water partition coefficient (Wildman–Crippen LogP) is 9.42. The third kappa shape index (κ3) is 11.3. The lowest BCUT2D eigenvalue weighted by Gasteiger charge is -2.32. The minimum absolute atomic E-state index is 0.265. The highest BCUT2D eigenvalue weighted by Gasteiger charge is 2.51. The number of nitrogens with zero attached hydrogens (tertiary/aromatic N) is 6. The van der Waals surface area contributed by atoms with E-state index in [0.29, 0.717) is 25.0 Å². The molecule has 8 aromatic rings. The highest BCUT2D eigenvalue weighted by atomic mass is 79.9. The molecule has 4 aromatic heterocycles. The minimum atomic E-state index is -0.373. The van der Waals surface area contributed by atoms with E-state index >= 15 is 0 Å². The van der Waals surface area contributed by atoms with Crippen LogP contribution in [0.5, 0.6) is 23.3 Å². The fourth-order valence-corrected chi connectivity index (χ4v) is 7.10. The van der Waals surface area contributed by atoms with E-state index in [1.165, 1.54) is 0 Å². The molecule has 5 heterocycles. The van der Waals surface area contributed by atoms with E-state index in [1.54, 1.807) is 39.0 Å². The summed E-state index contributed by atoms with van der Waals surface area (Å²) in [6.45, 7) is 13.1. The van der Waals surface area contributed by atoms with E-state index in [-0.39, 0.29) is 30.2 Å². The van der Waals surface area contributed by atoms with E-state index < -0.39 is 0 Å². The highest BCUT2D eigenvalue weighted by Crippen LogP contribution is 2.37. The maximum Gasteiger partial charge on any atom is 0.494 e. The molecule has 16 heteroatoms. The Hall–Kier alpha value is -6.88. The summed E-state index contributed by atoms with van der Waals surface area (Å²) in [5.74, 6) is 3.41. The van der Waals surface area contributed by atoms with Crippen molar-refractivity contribution < 1.29 is 28.3 Å². The smallest absolute Gasteiger partial charge is 0.494 e. The number of benzene rings is 4. The van der Waals surface area contributed by atoms with E-state index in [4.69, 9.17) is 39.7 Å². The molecule has 1 fully saturated rings. The normalized spacial score (nSPS) is 13.6. The summed E-state index contributed by atoms with van der Waals surface area (Å²) in [4.78, 5) is 25.2. The topological polar surface area (TPSA) is 185 Å². The van der Waals surface area contributed by atoms with Gasteiger partial charge in [0.15, 0.2) is 0 Å². The number of hydrogen-bond donors (Lipinski definition) is 2. The van der Waals surface area contributed by atoms with Gasteiger partial charge < -0.3 is 39.7 Å². The molecule has 1 saturated heterocycles. The number of rotatable bonds is 10. The Morgan fingerprint density at radius 1 is 0.591 bits per heavy atom. The van der Waals surface area contributed by atoms with Gasteiger partial charge in [-0.25, -0.2) is 29.9 Å². The van der Waals surface area contributed by atoms with Gasteiger partial charge in [0.1, 0.15) is 24.7 Å². The number of halogens is 1. The number of nitrogens with two attached hydrogens (primary N) is 2. The van der Waals surface area contributed by atoms with Gasteiger partial charge in [-0.1, -0.05) is 42.5 Å². The van der Waals surface area contributed by atoms with Crippen LogP contribution in [0.1, 0.15) is 49.9 Å². The number of anilines is 2. The van der Waals surface area contributed by atoms with Gasteiger partial charge in [0.2, 0.25) is 23.7 Å². The quantitative estimate of drug-likeness (QED) is 0.124. The van der Waals surface area contributed by atoms with Crippen LogP contribution in [0.2, 0.25) is 0 Å². The molecule has 9 rings (SSSR count). The predicted molar refractivity (Wildman–Crippen MR) is 263 cm³/mol. The third-order valence-corrected chi connectivity index (χ3v) is 12.2. The molecular weight excluding hydrogens is 899 g/mol. The molecule has 0 amide bonds. The van der Waals surface area contributed by atoms with E-state index in [0.717, 1.165) is 76.6 Å². The Balaban J connectivity index is 0.000000152. The molecule has 14 nitrogen and oxygen atoms in total. The second-order valence-corrected chi connectivity index (χ2v) is 17.3. The van der Waals surface area contributed by atoms with E-state index in [1.807, 2.05) is 139 Å². The van der Waals surface area contributed by atoms with Crippen molar-refractivity contribution in [1.29, 1.82) is 0 Å². The Bertz CT molecular complexity index is 2930. The first-order chi connectivity index (χ1) is 31.6. The molecule has 0 saturated carbocycles. The van der Waals surface area contributed by atoms with Crippen molar-refractivity contribution in [3.63, 3.8) is 0 Å². The first-order valence-corrected chi connectivity index (χ1v) is 21.9. The van der Waals surface area contributed by atoms with Crippen molar-refractivity contribution in [3.8, 4) is 34.4 Å². The van der Waals surface area contributed by atoms with Gasteiger partial charge in [0, 0.05) is 41.1 Å². The van der Waals surface area contributed by atoms with Gasteiger partial charge >= 0.3 is 7.12 Å². The van der Waals surface area contributed by atoms with Crippen LogP contribution in [-0.2, 0) is 22.5 Å². The summed E-state index contributed by atoms with van der Waals surface area (Å²) in [7, 11) is 2.93. The molecule has 4 aromatic carbocycles. The van der Waals surface area contributed by atoms with Crippen LogP contribution in [-0.4, -0.2) is 62.4 Å². The van der Waals surface area contributed by atoms with Crippen molar-refractivity contribution in [2.75, 3.05) is 25.7 Å². The first kappa shape index (κ1) is 47.1. The van der Waals surface area contributed by atoms with Crippen LogP contribution < -0.4 is 35.9 Å². The van der Waals surface area contributed by atoms with Crippen LogP contribution in [0.4, 0.5) is 11.9 Å². The van der Waals surface area contributed by atoms with Crippen LogP contribution in [0.15, 0.2) is 126 Å². The molecule has 0 radical (unpaired) electrons. The van der Waals surface area contributed by atoms with Crippen molar-refractivity contribution in [2.24, 2.45) is 0 Å². The lowest BCUT2D eigenvalue weighted by Crippen LogP contribution is -2.41. The molecule has 1 aliphatic rings. The van der Waals surface area contributed by atoms with Crippen molar-refractivity contribution in [3.05, 3.63) is 149 Å². The van der Waals surface area contributed by atoms with Crippen molar-refractivity contribution >= 4 is 62.2 Å². The zero-order chi connectivity index (χ0) is 47.0. The maximum absolute atomic E-state index is 6.06. The molecule has 0 spiro atoms. The lowest BCUT2D eigenvalue weighted by atomic mass is 9.78. The van der Waals surface area contributed by atoms with Crippen LogP contribution in [0, 0.1) is 13.8 Å². The van der Waals surface area contributed by atoms with Crippen molar-refractivity contribution in [2.45, 2.75) is 66.0 Å². The fourth-order valence-electron chi connectivity index (χ4n) is 6.75. The molecule has 1 aliphatic heterocycles. The van der Waals surface area contributed by atoms with Crippen molar-refractivity contribution in [1.82, 2.24) is 29.9 Å². The lowest BCUT2D eigenvalue weighted by molar-refractivity contribution is 0.00578. The van der Waals surface area contributed by atoms with E-state index in [9.17, 15) is 0 Å². The number of fused-ring (bicyclic) bond motifs is 2. The second-order valence-electron chi connectivity index (χ2n) is 16.5. The molecule has 0 bridgehead atoms. The zero-order valence-corrected chi connectivity index (χ0v) is 39.8.